The van der Waals surface area contributed by atoms with Crippen LogP contribution in [0.1, 0.15) is 15.9 Å². The second kappa shape index (κ2) is 8.55. The summed E-state index contributed by atoms with van der Waals surface area (Å²) in [7, 11) is 0. The zero-order valence-electron chi connectivity index (χ0n) is 16.7. The van der Waals surface area contributed by atoms with Gasteiger partial charge in [0.1, 0.15) is 0 Å². The lowest BCUT2D eigenvalue weighted by Gasteiger charge is -2.26. The van der Waals surface area contributed by atoms with Gasteiger partial charge in [-0.1, -0.05) is 91.2 Å². The van der Waals surface area contributed by atoms with E-state index < -0.39 is 11.8 Å². The quantitative estimate of drug-likeness (QED) is 0.197. The minimum Gasteiger partial charge on any atom is -0.289 e. The second-order valence-electron chi connectivity index (χ2n) is 7.16. The highest BCUT2D eigenvalue weighted by molar-refractivity contribution is 7.93. The van der Waals surface area contributed by atoms with Crippen molar-refractivity contribution < 1.29 is 9.72 Å². The molecule has 0 aliphatic heterocycles. The molecule has 0 aromatic heterocycles. The lowest BCUT2D eigenvalue weighted by Crippen LogP contribution is -2.25. The average Bonchev–Trinajstić information content (AvgIpc) is 2.84. The molecule has 0 radical (unpaired) electrons. The summed E-state index contributed by atoms with van der Waals surface area (Å²) in [6.07, 6.45) is 4.70. The molecule has 0 bridgehead atoms. The Morgan fingerprint density at radius 3 is 1.45 bits per heavy atom. The van der Waals surface area contributed by atoms with Crippen molar-refractivity contribution in [3.05, 3.63) is 130 Å². The maximum atomic E-state index is 12.9. The topological polar surface area (TPSA) is 60.2 Å². The molecule has 0 unspecified atom stereocenters. The first kappa shape index (κ1) is 20.5. The second-order valence-corrected chi connectivity index (χ2v) is 10.3. The molecule has 0 heterocycles. The van der Waals surface area contributed by atoms with Crippen LogP contribution in [-0.2, 0) is 0 Å². The van der Waals surface area contributed by atoms with Crippen molar-refractivity contribution >= 4 is 40.6 Å². The highest BCUT2D eigenvalue weighted by atomic mass is 31.2. The smallest absolute Gasteiger partial charge is 0.269 e. The van der Waals surface area contributed by atoms with Gasteiger partial charge < -0.3 is 0 Å². The van der Waals surface area contributed by atoms with Crippen molar-refractivity contribution in [2.45, 2.75) is 0 Å². The maximum Gasteiger partial charge on any atom is 0.269 e. The van der Waals surface area contributed by atoms with Gasteiger partial charge in [0.15, 0.2) is 5.78 Å². The third-order valence-electron chi connectivity index (χ3n) is 5.30. The van der Waals surface area contributed by atoms with Gasteiger partial charge in [0.2, 0.25) is 0 Å². The summed E-state index contributed by atoms with van der Waals surface area (Å²) in [6.45, 7) is -2.10. The Hall–Kier alpha value is -3.75. The predicted octanol–water partition coefficient (Wildman–Crippen LogP) is 4.55. The van der Waals surface area contributed by atoms with Crippen LogP contribution in [0.25, 0.3) is 0 Å². The zero-order chi connectivity index (χ0) is 21.8. The van der Waals surface area contributed by atoms with Gasteiger partial charge in [0.05, 0.1) is 4.92 Å². The predicted molar refractivity (Wildman–Crippen MR) is 129 cm³/mol. The van der Waals surface area contributed by atoms with E-state index in [4.69, 9.17) is 6.30 Å². The zero-order valence-corrected chi connectivity index (χ0v) is 17.6. The van der Waals surface area contributed by atoms with Crippen LogP contribution in [0.3, 0.4) is 0 Å². The van der Waals surface area contributed by atoms with Crippen molar-refractivity contribution in [1.29, 1.82) is 0 Å². The van der Waals surface area contributed by atoms with Crippen LogP contribution in [0.4, 0.5) is 5.69 Å². The summed E-state index contributed by atoms with van der Waals surface area (Å²) >= 11 is 0. The van der Waals surface area contributed by atoms with E-state index in [0.717, 1.165) is 15.9 Å². The normalized spacial score (nSPS) is 11.1. The molecule has 5 heteroatoms. The highest BCUT2D eigenvalue weighted by Gasteiger charge is 2.22. The SMILES string of the molecule is C=P(c1ccccc1)(c1ccccc1)c1ccc(C(=O)c2ccc([N+](=O)[O-])cc2)cc1. The van der Waals surface area contributed by atoms with Crippen molar-refractivity contribution in [2.75, 3.05) is 0 Å². The Balaban J connectivity index is 1.72. The maximum absolute atomic E-state index is 12.9. The van der Waals surface area contributed by atoms with E-state index in [9.17, 15) is 14.9 Å². The van der Waals surface area contributed by atoms with E-state index in [1.54, 1.807) is 0 Å². The Kier molecular flexibility index (Phi) is 5.66. The monoisotopic (exact) mass is 425 g/mol. The number of nitrogens with zero attached hydrogens (tertiary/aromatic N) is 1. The van der Waals surface area contributed by atoms with Crippen LogP contribution >= 0.6 is 6.89 Å². The Bertz CT molecular complexity index is 1220. The molecule has 4 aromatic rings. The van der Waals surface area contributed by atoms with Gasteiger partial charge in [-0.15, -0.1) is 0 Å². The molecule has 0 atom stereocenters. The number of nitro groups is 1. The van der Waals surface area contributed by atoms with E-state index in [0.29, 0.717) is 11.1 Å². The first-order valence-corrected chi connectivity index (χ1v) is 11.7. The molecule has 0 fully saturated rings. The Morgan fingerprint density at radius 1 is 0.645 bits per heavy atom. The summed E-state index contributed by atoms with van der Waals surface area (Å²) < 4.78 is 0. The third-order valence-corrected chi connectivity index (χ3v) is 8.84. The van der Waals surface area contributed by atoms with Crippen LogP contribution in [-0.4, -0.2) is 17.0 Å². The molecule has 0 saturated carbocycles. The molecule has 0 N–H and O–H groups in total. The van der Waals surface area contributed by atoms with Crippen molar-refractivity contribution in [1.82, 2.24) is 0 Å². The van der Waals surface area contributed by atoms with Gasteiger partial charge in [-0.2, -0.15) is 0 Å². The van der Waals surface area contributed by atoms with Crippen LogP contribution in [0.2, 0.25) is 0 Å². The summed E-state index contributed by atoms with van der Waals surface area (Å²) in [5, 5.41) is 14.2. The molecular formula is C26H20NO3P. The number of hydrogen-bond donors (Lipinski definition) is 0. The number of nitro benzene ring substituents is 1. The fraction of sp³-hybridized carbons (Fsp3) is 0. The van der Waals surface area contributed by atoms with Gasteiger partial charge in [-0.05, 0) is 34.9 Å². The van der Waals surface area contributed by atoms with E-state index >= 15 is 0 Å². The number of carbonyl (C=O) groups is 1. The number of carbonyl (C=O) groups excluding carboxylic acids is 1. The fourth-order valence-electron chi connectivity index (χ4n) is 3.58. The van der Waals surface area contributed by atoms with E-state index in [2.05, 4.69) is 24.3 Å². The highest BCUT2D eigenvalue weighted by Crippen LogP contribution is 2.41. The number of ketones is 1. The standard InChI is InChI=1S/C26H20NO3P/c1-31(23-8-4-2-5-9-23,24-10-6-3-7-11-24)25-18-14-21(15-19-25)26(28)20-12-16-22(17-13-20)27(29)30/h2-19H,1H2. The van der Waals surface area contributed by atoms with Crippen molar-refractivity contribution in [2.24, 2.45) is 0 Å². The van der Waals surface area contributed by atoms with Gasteiger partial charge in [-0.3, -0.25) is 14.9 Å². The first-order valence-electron chi connectivity index (χ1n) is 9.74. The van der Waals surface area contributed by atoms with E-state index in [1.165, 1.54) is 24.3 Å². The molecule has 4 nitrogen and oxygen atoms in total. The minimum absolute atomic E-state index is 0.0377. The minimum atomic E-state index is -2.10. The lowest BCUT2D eigenvalue weighted by atomic mass is 10.0. The molecule has 152 valence electrons. The fourth-order valence-corrected chi connectivity index (χ4v) is 6.50. The molecule has 0 saturated heterocycles. The summed E-state index contributed by atoms with van der Waals surface area (Å²) in [5.41, 5.74) is 0.912. The molecule has 0 spiro atoms. The molecule has 0 aliphatic carbocycles. The van der Waals surface area contributed by atoms with E-state index in [-0.39, 0.29) is 11.5 Å². The van der Waals surface area contributed by atoms with Crippen molar-refractivity contribution in [3.63, 3.8) is 0 Å². The van der Waals surface area contributed by atoms with Crippen LogP contribution in [0, 0.1) is 10.1 Å². The number of rotatable bonds is 6. The van der Waals surface area contributed by atoms with Crippen LogP contribution in [0.5, 0.6) is 0 Å². The van der Waals surface area contributed by atoms with Gasteiger partial charge >= 0.3 is 0 Å². The number of hydrogen-bond acceptors (Lipinski definition) is 3. The van der Waals surface area contributed by atoms with Gasteiger partial charge in [-0.25, -0.2) is 0 Å². The number of non-ortho nitro benzene ring substituents is 1. The van der Waals surface area contributed by atoms with Gasteiger partial charge in [0, 0.05) is 23.3 Å². The molecule has 0 amide bonds. The summed E-state index contributed by atoms with van der Waals surface area (Å²) in [5.74, 6) is -0.172. The van der Waals surface area contributed by atoms with E-state index in [1.807, 2.05) is 60.7 Å². The molecule has 31 heavy (non-hydrogen) atoms. The molecular weight excluding hydrogens is 405 g/mol. The first-order chi connectivity index (χ1) is 15.0. The molecule has 0 aliphatic rings. The molecule has 4 rings (SSSR count). The lowest BCUT2D eigenvalue weighted by molar-refractivity contribution is -0.384. The Morgan fingerprint density at radius 2 is 1.03 bits per heavy atom. The largest absolute Gasteiger partial charge is 0.289 e. The van der Waals surface area contributed by atoms with Gasteiger partial charge in [0.25, 0.3) is 5.69 Å². The molecule has 4 aromatic carbocycles. The summed E-state index contributed by atoms with van der Waals surface area (Å²) in [6, 6.07) is 33.7. The average molecular weight is 425 g/mol. The number of benzene rings is 4. The summed E-state index contributed by atoms with van der Waals surface area (Å²) in [4.78, 5) is 23.2. The van der Waals surface area contributed by atoms with Crippen LogP contribution in [0.15, 0.2) is 109 Å². The third kappa shape index (κ3) is 3.98. The Labute approximate surface area is 180 Å². The van der Waals surface area contributed by atoms with Crippen LogP contribution < -0.4 is 15.9 Å². The van der Waals surface area contributed by atoms with Crippen molar-refractivity contribution in [3.8, 4) is 0 Å².